The lowest BCUT2D eigenvalue weighted by Crippen LogP contribution is -2.27. The second kappa shape index (κ2) is 17.3. The predicted octanol–water partition coefficient (Wildman–Crippen LogP) is 19.9. The first kappa shape index (κ1) is 45.4. The van der Waals surface area contributed by atoms with Crippen molar-refractivity contribution >= 4 is 27.8 Å². The molecule has 0 saturated carbocycles. The number of hydrogen-bond donors (Lipinski definition) is 0. The summed E-state index contributed by atoms with van der Waals surface area (Å²) >= 11 is 0. The van der Waals surface area contributed by atoms with E-state index in [1.807, 2.05) is 0 Å². The average Bonchev–Trinajstić information content (AvgIpc) is 3.90. The molecule has 0 aliphatic heterocycles. The fourth-order valence-electron chi connectivity index (χ4n) is 12.3. The monoisotopic (exact) mass is 949 g/mol. The molecule has 0 fully saturated rings. The number of fused-ring (bicyclic) bond motifs is 11. The minimum absolute atomic E-state index is 0.0397. The molecule has 0 amide bonds. The summed E-state index contributed by atoms with van der Waals surface area (Å²) in [5.41, 5.74) is 25.8. The van der Waals surface area contributed by atoms with E-state index in [-0.39, 0.29) is 10.8 Å². The van der Waals surface area contributed by atoms with Gasteiger partial charge in [0.1, 0.15) is 0 Å². The zero-order valence-electron chi connectivity index (χ0n) is 43.1. The summed E-state index contributed by atoms with van der Waals surface area (Å²) in [7, 11) is 0. The third-order valence-corrected chi connectivity index (χ3v) is 16.0. The summed E-state index contributed by atoms with van der Waals surface area (Å²) in [6.07, 6.45) is 0. The van der Waals surface area contributed by atoms with Crippen LogP contribution in [0.2, 0.25) is 0 Å². The van der Waals surface area contributed by atoms with Gasteiger partial charge in [0.25, 0.3) is 0 Å². The molecule has 0 unspecified atom stereocenters. The lowest BCUT2D eigenvalue weighted by Gasteiger charge is -2.33. The molecule has 2 aliphatic carbocycles. The van der Waals surface area contributed by atoms with E-state index >= 15 is 0 Å². The van der Waals surface area contributed by atoms with Gasteiger partial charge in [0, 0.05) is 16.8 Å². The molecule has 0 bridgehead atoms. The molecule has 1 nitrogen and oxygen atoms in total. The molecule has 13 rings (SSSR count). The molecule has 74 heavy (non-hydrogen) atoms. The number of anilines is 3. The quantitative estimate of drug-likeness (QED) is 0.154. The van der Waals surface area contributed by atoms with E-state index < -0.39 is 5.41 Å². The first-order chi connectivity index (χ1) is 36.0. The molecule has 11 aromatic carbocycles. The average molecular weight is 950 g/mol. The number of rotatable bonds is 7. The van der Waals surface area contributed by atoms with Crippen molar-refractivity contribution in [3.63, 3.8) is 0 Å². The third-order valence-electron chi connectivity index (χ3n) is 16.0. The minimum atomic E-state index is -0.553. The van der Waals surface area contributed by atoms with Gasteiger partial charge in [0.2, 0.25) is 0 Å². The molecule has 0 heterocycles. The van der Waals surface area contributed by atoms with Crippen LogP contribution < -0.4 is 4.90 Å². The van der Waals surface area contributed by atoms with Crippen molar-refractivity contribution in [3.8, 4) is 66.8 Å². The summed E-state index contributed by atoms with van der Waals surface area (Å²) in [6, 6.07) is 93.3. The number of benzene rings is 11. The van der Waals surface area contributed by atoms with Gasteiger partial charge in [-0.3, -0.25) is 0 Å². The van der Waals surface area contributed by atoms with Crippen molar-refractivity contribution in [2.75, 3.05) is 4.90 Å². The maximum Gasteiger partial charge on any atom is 0.0726 e. The molecule has 2 aliphatic rings. The highest BCUT2D eigenvalue weighted by Gasteiger charge is 2.53. The van der Waals surface area contributed by atoms with Crippen LogP contribution in [0.3, 0.4) is 0 Å². The number of nitrogens with zero attached hydrogens (tertiary/aromatic N) is 1. The largest absolute Gasteiger partial charge is 0.310 e. The Morgan fingerprint density at radius 2 is 0.716 bits per heavy atom. The Bertz CT molecular complexity index is 3780. The van der Waals surface area contributed by atoms with Gasteiger partial charge in [0.15, 0.2) is 0 Å². The van der Waals surface area contributed by atoms with E-state index in [9.17, 15) is 0 Å². The van der Waals surface area contributed by atoms with E-state index in [1.165, 1.54) is 111 Å². The van der Waals surface area contributed by atoms with Crippen LogP contribution in [0, 0.1) is 0 Å². The zero-order chi connectivity index (χ0) is 50.3. The van der Waals surface area contributed by atoms with Crippen LogP contribution >= 0.6 is 0 Å². The predicted molar refractivity (Wildman–Crippen MR) is 314 cm³/mol. The van der Waals surface area contributed by atoms with Crippen molar-refractivity contribution < 1.29 is 0 Å². The van der Waals surface area contributed by atoms with Gasteiger partial charge in [-0.05, 0) is 153 Å². The Balaban J connectivity index is 1.04. The van der Waals surface area contributed by atoms with E-state index in [1.54, 1.807) is 0 Å². The highest BCUT2D eigenvalue weighted by atomic mass is 15.1. The van der Waals surface area contributed by atoms with Gasteiger partial charge < -0.3 is 4.90 Å². The van der Waals surface area contributed by atoms with E-state index in [0.717, 1.165) is 17.1 Å². The first-order valence-corrected chi connectivity index (χ1v) is 26.2. The minimum Gasteiger partial charge on any atom is -0.310 e. The topological polar surface area (TPSA) is 3.24 Å². The van der Waals surface area contributed by atoms with Gasteiger partial charge >= 0.3 is 0 Å². The van der Waals surface area contributed by atoms with Crippen LogP contribution in [0.5, 0.6) is 0 Å². The molecule has 1 heteroatoms. The van der Waals surface area contributed by atoms with Crippen molar-refractivity contribution in [1.29, 1.82) is 0 Å². The van der Waals surface area contributed by atoms with Crippen LogP contribution in [0.4, 0.5) is 17.1 Å². The lowest BCUT2D eigenvalue weighted by atomic mass is 9.68. The normalized spacial score (nSPS) is 13.1. The van der Waals surface area contributed by atoms with Crippen molar-refractivity contribution in [2.45, 2.75) is 57.8 Å². The highest BCUT2D eigenvalue weighted by Crippen LogP contribution is 2.65. The van der Waals surface area contributed by atoms with Crippen LogP contribution in [0.25, 0.3) is 77.5 Å². The van der Waals surface area contributed by atoms with E-state index in [0.29, 0.717) is 0 Å². The van der Waals surface area contributed by atoms with Crippen LogP contribution in [-0.2, 0) is 16.2 Å². The van der Waals surface area contributed by atoms with Gasteiger partial charge in [-0.2, -0.15) is 0 Å². The Kier molecular flexibility index (Phi) is 10.6. The summed E-state index contributed by atoms with van der Waals surface area (Å²) in [5.74, 6) is 0. The van der Waals surface area contributed by atoms with Gasteiger partial charge in [-0.1, -0.05) is 254 Å². The lowest BCUT2D eigenvalue weighted by molar-refractivity contribution is 0.586. The second-order valence-electron chi connectivity index (χ2n) is 22.5. The highest BCUT2D eigenvalue weighted by molar-refractivity contribution is 6.08. The molecule has 1 spiro atoms. The maximum absolute atomic E-state index is 2.57. The fourth-order valence-corrected chi connectivity index (χ4v) is 12.3. The third kappa shape index (κ3) is 7.28. The van der Waals surface area contributed by atoms with Crippen LogP contribution in [0.15, 0.2) is 249 Å². The summed E-state index contributed by atoms with van der Waals surface area (Å²) in [6.45, 7) is 14.1. The van der Waals surface area contributed by atoms with Gasteiger partial charge in [0.05, 0.1) is 11.1 Å². The second-order valence-corrected chi connectivity index (χ2v) is 22.5. The molecule has 0 aromatic heterocycles. The molecule has 0 atom stereocenters. The molecular weight excluding hydrogens is 891 g/mol. The van der Waals surface area contributed by atoms with Gasteiger partial charge in [-0.15, -0.1) is 0 Å². The molecule has 356 valence electrons. The molecule has 0 radical (unpaired) electrons. The molecule has 11 aromatic rings. The standard InChI is InChI=1S/C73H59N/c1-71(2,3)54-34-41-61-62-42-35-55(72(4,5)6)47-68(62)73(67(61)46-54)65-28-18-27-59(52-23-14-9-15-24-52)70(65)64-40-33-53(45-66(64)73)58-43-44-69(63-26-17-16-25-60(58)63)74(56-36-29-50(30-37-56)48-19-10-7-11-20-48)57-38-31-51(32-39-57)49-21-12-8-13-22-49/h7-47H,1-6H3. The summed E-state index contributed by atoms with van der Waals surface area (Å²) in [5, 5.41) is 2.40. The Hall–Kier alpha value is -8.52. The number of hydrogen-bond acceptors (Lipinski definition) is 1. The molecule has 0 N–H and O–H groups in total. The van der Waals surface area contributed by atoms with Crippen molar-refractivity contribution in [2.24, 2.45) is 0 Å². The Morgan fingerprint density at radius 1 is 0.284 bits per heavy atom. The van der Waals surface area contributed by atoms with Crippen LogP contribution in [0.1, 0.15) is 74.9 Å². The fraction of sp³-hybridized carbons (Fsp3) is 0.123. The zero-order valence-corrected chi connectivity index (χ0v) is 43.1. The van der Waals surface area contributed by atoms with Crippen molar-refractivity contribution in [1.82, 2.24) is 0 Å². The SMILES string of the molecule is CC(C)(C)c1ccc2c(c1)C1(c3cc(C(C)(C)C)ccc3-2)c2cc(-c3ccc(N(c4ccc(-c5ccccc5)cc4)c4ccc(-c5ccccc5)cc4)c4ccccc34)ccc2-c2c(-c3ccccc3)cccc21. The summed E-state index contributed by atoms with van der Waals surface area (Å²) < 4.78 is 0. The Labute approximate surface area is 437 Å². The smallest absolute Gasteiger partial charge is 0.0726 e. The first-order valence-electron chi connectivity index (χ1n) is 26.2. The van der Waals surface area contributed by atoms with Gasteiger partial charge in [-0.25, -0.2) is 0 Å². The maximum atomic E-state index is 2.57. The summed E-state index contributed by atoms with van der Waals surface area (Å²) in [4.78, 5) is 2.43. The van der Waals surface area contributed by atoms with E-state index in [2.05, 4.69) is 295 Å². The van der Waals surface area contributed by atoms with Crippen molar-refractivity contribution in [3.05, 3.63) is 282 Å². The van der Waals surface area contributed by atoms with E-state index in [4.69, 9.17) is 0 Å². The van der Waals surface area contributed by atoms with Crippen LogP contribution in [-0.4, -0.2) is 0 Å². The molecular formula is C73H59N. The molecule has 0 saturated heterocycles. The Morgan fingerprint density at radius 3 is 1.24 bits per heavy atom.